The monoisotopic (exact) mass is 353 g/mol. The number of imidazole rings is 1. The molecule has 0 saturated heterocycles. The van der Waals surface area contributed by atoms with E-state index in [1.165, 1.54) is 0 Å². The summed E-state index contributed by atoms with van der Waals surface area (Å²) in [4.78, 5) is 44.4. The lowest BCUT2D eigenvalue weighted by Crippen LogP contribution is -2.35. The molecule has 1 aromatic carbocycles. The predicted molar refractivity (Wildman–Crippen MR) is 95.7 cm³/mol. The highest BCUT2D eigenvalue weighted by molar-refractivity contribution is 5.79. The van der Waals surface area contributed by atoms with Gasteiger partial charge in [-0.15, -0.1) is 0 Å². The van der Waals surface area contributed by atoms with Gasteiger partial charge in [-0.3, -0.25) is 14.6 Å². The number of benzene rings is 1. The Balaban J connectivity index is 1.79. The second-order valence-electron chi connectivity index (χ2n) is 5.98. The normalized spacial score (nSPS) is 11.9. The summed E-state index contributed by atoms with van der Waals surface area (Å²) in [7, 11) is 0. The minimum Gasteiger partial charge on any atom is -0.347 e. The summed E-state index contributed by atoms with van der Waals surface area (Å²) in [5.41, 5.74) is 0.448. The maximum Gasteiger partial charge on any atom is 0.325 e. The van der Waals surface area contributed by atoms with Crippen molar-refractivity contribution in [2.75, 3.05) is 0 Å². The van der Waals surface area contributed by atoms with Gasteiger partial charge in [0.2, 0.25) is 5.91 Å². The van der Waals surface area contributed by atoms with Gasteiger partial charge in [-0.1, -0.05) is 30.3 Å². The molecule has 3 rings (SSSR count). The fourth-order valence-electron chi connectivity index (χ4n) is 2.77. The van der Waals surface area contributed by atoms with Crippen molar-refractivity contribution in [1.82, 2.24) is 24.8 Å². The summed E-state index contributed by atoms with van der Waals surface area (Å²) in [5.74, 6) is -0.306. The van der Waals surface area contributed by atoms with Gasteiger partial charge >= 0.3 is 5.69 Å². The van der Waals surface area contributed by atoms with E-state index in [-0.39, 0.29) is 23.9 Å². The molecule has 3 N–H and O–H groups in total. The maximum atomic E-state index is 12.5. The molecule has 2 heterocycles. The van der Waals surface area contributed by atoms with E-state index < -0.39 is 11.2 Å². The smallest absolute Gasteiger partial charge is 0.325 e. The van der Waals surface area contributed by atoms with Crippen molar-refractivity contribution in [1.29, 1.82) is 0 Å². The number of aromatic amines is 2. The largest absolute Gasteiger partial charge is 0.347 e. The van der Waals surface area contributed by atoms with Gasteiger partial charge in [0.15, 0.2) is 0 Å². The molecule has 0 spiro atoms. The molecule has 0 unspecified atom stereocenters. The highest BCUT2D eigenvalue weighted by Crippen LogP contribution is 2.15. The number of carbonyl (C=O) groups is 1. The Labute approximate surface area is 148 Å². The lowest BCUT2D eigenvalue weighted by molar-refractivity contribution is -0.121. The molecule has 8 nitrogen and oxygen atoms in total. The fraction of sp³-hybridized carbons (Fsp3) is 0.222. The molecule has 0 aliphatic heterocycles. The van der Waals surface area contributed by atoms with Crippen LogP contribution in [0, 0.1) is 6.92 Å². The Morgan fingerprint density at radius 3 is 2.65 bits per heavy atom. The van der Waals surface area contributed by atoms with Crippen molar-refractivity contribution in [2.45, 2.75) is 25.9 Å². The number of carbonyl (C=O) groups excluding carboxylic acids is 1. The Hall–Kier alpha value is -3.42. The van der Waals surface area contributed by atoms with Crippen molar-refractivity contribution in [3.8, 4) is 0 Å². The van der Waals surface area contributed by atoms with Crippen LogP contribution in [0.2, 0.25) is 0 Å². The highest BCUT2D eigenvalue weighted by Gasteiger charge is 2.17. The number of hydrogen-bond donors (Lipinski definition) is 3. The third-order valence-electron chi connectivity index (χ3n) is 4.08. The number of aromatic nitrogens is 4. The summed E-state index contributed by atoms with van der Waals surface area (Å²) in [6, 6.07) is 9.29. The van der Waals surface area contributed by atoms with Gasteiger partial charge in [0.1, 0.15) is 0 Å². The Morgan fingerprint density at radius 1 is 1.23 bits per heavy atom. The first-order valence-electron chi connectivity index (χ1n) is 8.15. The summed E-state index contributed by atoms with van der Waals surface area (Å²) in [6.45, 7) is 2.11. The van der Waals surface area contributed by atoms with E-state index in [0.717, 1.165) is 5.56 Å². The lowest BCUT2D eigenvalue weighted by Gasteiger charge is -2.20. The molecule has 2 aromatic heterocycles. The molecule has 0 radical (unpaired) electrons. The number of aryl methyl sites for hydroxylation is 1. The van der Waals surface area contributed by atoms with Crippen molar-refractivity contribution in [3.05, 3.63) is 86.7 Å². The van der Waals surface area contributed by atoms with Gasteiger partial charge < -0.3 is 14.9 Å². The molecule has 0 fully saturated rings. The zero-order chi connectivity index (χ0) is 18.5. The van der Waals surface area contributed by atoms with E-state index in [4.69, 9.17) is 0 Å². The van der Waals surface area contributed by atoms with Crippen LogP contribution < -0.4 is 16.6 Å². The number of nitrogens with one attached hydrogen (secondary N) is 3. The first-order chi connectivity index (χ1) is 12.5. The van der Waals surface area contributed by atoms with Gasteiger partial charge in [0, 0.05) is 30.2 Å². The molecule has 0 aliphatic carbocycles. The number of rotatable bonds is 6. The standard InChI is InChI=1S/C18H19N5O3/c1-12-14(17(25)22-18(26)20-12)9-16(24)21-15(10-23-8-7-19-11-23)13-5-3-2-4-6-13/h2-8,11,15H,9-10H2,1H3,(H,21,24)(H2,20,22,25,26)/t15-/m1/s1. The molecule has 1 amide bonds. The Kier molecular flexibility index (Phi) is 5.12. The second-order valence-corrected chi connectivity index (χ2v) is 5.98. The maximum absolute atomic E-state index is 12.5. The van der Waals surface area contributed by atoms with Crippen LogP contribution >= 0.6 is 0 Å². The van der Waals surface area contributed by atoms with Gasteiger partial charge in [-0.25, -0.2) is 9.78 Å². The molecule has 3 aromatic rings. The quantitative estimate of drug-likeness (QED) is 0.604. The van der Waals surface area contributed by atoms with Gasteiger partial charge in [0.25, 0.3) is 5.56 Å². The molecule has 0 aliphatic rings. The zero-order valence-electron chi connectivity index (χ0n) is 14.2. The average molecular weight is 353 g/mol. The number of hydrogen-bond acceptors (Lipinski definition) is 4. The van der Waals surface area contributed by atoms with Crippen molar-refractivity contribution >= 4 is 5.91 Å². The molecule has 26 heavy (non-hydrogen) atoms. The van der Waals surface area contributed by atoms with Crippen LogP contribution in [0.5, 0.6) is 0 Å². The summed E-state index contributed by atoms with van der Waals surface area (Å²) in [6.07, 6.45) is 5.05. The van der Waals surface area contributed by atoms with E-state index in [1.807, 2.05) is 41.1 Å². The van der Waals surface area contributed by atoms with Crippen LogP contribution in [0.1, 0.15) is 22.9 Å². The molecule has 8 heteroatoms. The number of amides is 1. The summed E-state index contributed by atoms with van der Waals surface area (Å²) < 4.78 is 1.87. The molecule has 0 bridgehead atoms. The number of nitrogens with zero attached hydrogens (tertiary/aromatic N) is 2. The van der Waals surface area contributed by atoms with E-state index in [2.05, 4.69) is 20.3 Å². The van der Waals surface area contributed by atoms with Gasteiger partial charge in [0.05, 0.1) is 18.8 Å². The fourth-order valence-corrected chi connectivity index (χ4v) is 2.77. The topological polar surface area (TPSA) is 113 Å². The van der Waals surface area contributed by atoms with Crippen molar-refractivity contribution in [2.24, 2.45) is 0 Å². The highest BCUT2D eigenvalue weighted by atomic mass is 16.2. The van der Waals surface area contributed by atoms with Crippen molar-refractivity contribution in [3.63, 3.8) is 0 Å². The van der Waals surface area contributed by atoms with Gasteiger partial charge in [-0.05, 0) is 12.5 Å². The molecule has 134 valence electrons. The van der Waals surface area contributed by atoms with E-state index >= 15 is 0 Å². The zero-order valence-corrected chi connectivity index (χ0v) is 14.2. The van der Waals surface area contributed by atoms with Crippen LogP contribution in [0.15, 0.2) is 58.6 Å². The molecular weight excluding hydrogens is 334 g/mol. The van der Waals surface area contributed by atoms with E-state index in [0.29, 0.717) is 12.2 Å². The van der Waals surface area contributed by atoms with Crippen molar-refractivity contribution < 1.29 is 4.79 Å². The first kappa shape index (κ1) is 17.4. The molecular formula is C18H19N5O3. The van der Waals surface area contributed by atoms with Crippen LogP contribution in [-0.4, -0.2) is 25.4 Å². The van der Waals surface area contributed by atoms with E-state index in [9.17, 15) is 14.4 Å². The number of H-pyrrole nitrogens is 2. The first-order valence-corrected chi connectivity index (χ1v) is 8.15. The Morgan fingerprint density at radius 2 is 2.00 bits per heavy atom. The average Bonchev–Trinajstić information content (AvgIpc) is 3.11. The third-order valence-corrected chi connectivity index (χ3v) is 4.08. The van der Waals surface area contributed by atoms with Crippen LogP contribution in [0.3, 0.4) is 0 Å². The Bertz CT molecular complexity index is 990. The lowest BCUT2D eigenvalue weighted by atomic mass is 10.1. The summed E-state index contributed by atoms with van der Waals surface area (Å²) >= 11 is 0. The van der Waals surface area contributed by atoms with E-state index in [1.54, 1.807) is 19.4 Å². The van der Waals surface area contributed by atoms with Crippen LogP contribution in [0.25, 0.3) is 0 Å². The second kappa shape index (κ2) is 7.64. The summed E-state index contributed by atoms with van der Waals surface area (Å²) in [5, 5.41) is 2.96. The third kappa shape index (κ3) is 4.15. The minimum atomic E-state index is -0.584. The SMILES string of the molecule is Cc1[nH]c(=O)[nH]c(=O)c1CC(=O)N[C@H](Cn1ccnc1)c1ccccc1. The van der Waals surface area contributed by atoms with Crippen LogP contribution in [0.4, 0.5) is 0 Å². The van der Waals surface area contributed by atoms with Gasteiger partial charge in [-0.2, -0.15) is 0 Å². The predicted octanol–water partition coefficient (Wildman–Crippen LogP) is 0.668. The minimum absolute atomic E-state index is 0.120. The van der Waals surface area contributed by atoms with Crippen LogP contribution in [-0.2, 0) is 17.8 Å². The molecule has 0 saturated carbocycles. The molecule has 1 atom stereocenters.